The Bertz CT molecular complexity index is 2560. The number of esters is 1. The molecule has 356 valence electrons. The molecule has 0 saturated heterocycles. The van der Waals surface area contributed by atoms with E-state index in [9.17, 15) is 38.7 Å². The van der Waals surface area contributed by atoms with Gasteiger partial charge in [-0.2, -0.15) is 0 Å². The molecule has 1 aliphatic carbocycles. The molecule has 3 aromatic rings. The number of thiophene rings is 1. The molecule has 0 radical (unpaired) electrons. The Morgan fingerprint density at radius 2 is 1.72 bits per heavy atom. The lowest BCUT2D eigenvalue weighted by atomic mass is 9.68. The Morgan fingerprint density at radius 3 is 2.39 bits per heavy atom. The van der Waals surface area contributed by atoms with Crippen LogP contribution < -0.4 is 27.4 Å². The first-order valence-corrected chi connectivity index (χ1v) is 23.2. The fraction of sp³-hybridized carbons (Fsp3) is 0.489. The summed E-state index contributed by atoms with van der Waals surface area (Å²) in [5.41, 5.74) is 12.8. The van der Waals surface area contributed by atoms with Gasteiger partial charge in [-0.15, -0.1) is 21.5 Å². The maximum atomic E-state index is 13.9. The number of hydrogen-bond donors (Lipinski definition) is 6. The number of nitrogens with two attached hydrogens (primary N) is 2. The lowest BCUT2D eigenvalue weighted by Crippen LogP contribution is -2.51. The van der Waals surface area contributed by atoms with Gasteiger partial charge in [0.1, 0.15) is 27.9 Å². The number of nitrogens with zero attached hydrogens (tertiary/aromatic N) is 5. The number of carboxylic acid groups (broad SMARTS) is 1. The smallest absolute Gasteiger partial charge is 0.319 e. The van der Waals surface area contributed by atoms with Gasteiger partial charge in [0, 0.05) is 59.3 Å². The minimum Gasteiger partial charge on any atom is -0.480 e. The lowest BCUT2D eigenvalue weighted by molar-refractivity contribution is -0.162. The molecule has 8 N–H and O–H groups in total. The van der Waals surface area contributed by atoms with Crippen molar-refractivity contribution in [2.24, 2.45) is 21.9 Å². The first kappa shape index (κ1) is 49.7. The van der Waals surface area contributed by atoms with Crippen LogP contribution in [0, 0.1) is 38.0 Å². The number of fused-ring (bicyclic) bond motifs is 3. The van der Waals surface area contributed by atoms with Crippen LogP contribution >= 0.6 is 11.3 Å². The molecule has 0 spiro atoms. The number of carboxylic acids is 1. The Kier molecular flexibility index (Phi) is 15.8. The predicted molar refractivity (Wildman–Crippen MR) is 248 cm³/mol. The first-order chi connectivity index (χ1) is 31.8. The number of imide groups is 1. The van der Waals surface area contributed by atoms with E-state index in [4.69, 9.17) is 21.2 Å². The number of carbonyl (C=O) groups is 7. The van der Waals surface area contributed by atoms with Gasteiger partial charge in [-0.3, -0.25) is 43.2 Å². The summed E-state index contributed by atoms with van der Waals surface area (Å²) >= 11 is 1.58. The molecule has 19 nitrogen and oxygen atoms in total. The van der Waals surface area contributed by atoms with Crippen molar-refractivity contribution in [3.63, 3.8) is 0 Å². The summed E-state index contributed by atoms with van der Waals surface area (Å²) in [6, 6.07) is 5.31. The summed E-state index contributed by atoms with van der Waals surface area (Å²) in [7, 11) is 0. The fourth-order valence-electron chi connectivity index (χ4n) is 8.22. The van der Waals surface area contributed by atoms with E-state index in [1.165, 1.54) is 6.08 Å². The van der Waals surface area contributed by atoms with E-state index in [0.717, 1.165) is 31.5 Å². The van der Waals surface area contributed by atoms with Crippen LogP contribution in [0.25, 0.3) is 5.00 Å². The van der Waals surface area contributed by atoms with Crippen LogP contribution in [0.5, 0.6) is 0 Å². The summed E-state index contributed by atoms with van der Waals surface area (Å²) in [6.07, 6.45) is 4.96. The van der Waals surface area contributed by atoms with Gasteiger partial charge in [0.2, 0.25) is 11.8 Å². The van der Waals surface area contributed by atoms with Gasteiger partial charge < -0.3 is 37.3 Å². The molecule has 2 atom stereocenters. The highest BCUT2D eigenvalue weighted by Crippen LogP contribution is 2.42. The number of nitrogens with one attached hydrogen (secondary N) is 3. The number of hydrogen-bond acceptors (Lipinski definition) is 13. The number of aliphatic imine (C=N–C) groups is 1. The van der Waals surface area contributed by atoms with Gasteiger partial charge in [0.15, 0.2) is 5.82 Å². The summed E-state index contributed by atoms with van der Waals surface area (Å²) in [5.74, 6) is 3.67. The number of ether oxygens (including phenoxy) is 1. The second-order valence-corrected chi connectivity index (χ2v) is 18.9. The van der Waals surface area contributed by atoms with Crippen molar-refractivity contribution >= 4 is 58.6 Å². The molecule has 2 aromatic heterocycles. The third-order valence-electron chi connectivity index (χ3n) is 12.2. The van der Waals surface area contributed by atoms with Crippen molar-refractivity contribution in [1.82, 2.24) is 35.6 Å². The van der Waals surface area contributed by atoms with Gasteiger partial charge in [0.25, 0.3) is 11.8 Å². The van der Waals surface area contributed by atoms with E-state index in [0.29, 0.717) is 87.4 Å². The number of unbranched alkanes of at least 4 members (excludes halogenated alkanes) is 2. The zero-order valence-corrected chi connectivity index (χ0v) is 39.3. The molecule has 20 heteroatoms. The molecule has 6 rings (SSSR count). The van der Waals surface area contributed by atoms with E-state index in [-0.39, 0.29) is 37.4 Å². The lowest BCUT2D eigenvalue weighted by Gasteiger charge is -2.35. The van der Waals surface area contributed by atoms with Crippen LogP contribution in [0.15, 0.2) is 40.9 Å². The maximum absolute atomic E-state index is 13.9. The van der Waals surface area contributed by atoms with Gasteiger partial charge >= 0.3 is 18.0 Å². The van der Waals surface area contributed by atoms with Crippen LogP contribution in [-0.2, 0) is 33.5 Å². The molecule has 0 unspecified atom stereocenters. The number of aliphatic carboxylic acids is 1. The van der Waals surface area contributed by atoms with E-state index < -0.39 is 58.8 Å². The Labute approximate surface area is 392 Å². The fourth-order valence-corrected chi connectivity index (χ4v) is 9.44. The normalized spacial score (nSPS) is 16.5. The largest absolute Gasteiger partial charge is 0.480 e. The minimum atomic E-state index is -1.33. The molecule has 4 heterocycles. The predicted octanol–water partition coefficient (Wildman–Crippen LogP) is 3.33. The number of benzene rings is 1. The number of aromatic nitrogens is 3. The highest BCUT2D eigenvalue weighted by atomic mass is 32.1. The van der Waals surface area contributed by atoms with Gasteiger partial charge in [-0.1, -0.05) is 30.4 Å². The van der Waals surface area contributed by atoms with E-state index >= 15 is 0 Å². The molecule has 3 aliphatic rings. The quantitative estimate of drug-likeness (QED) is 0.0313. The zero-order valence-electron chi connectivity index (χ0n) is 38.5. The molecule has 67 heavy (non-hydrogen) atoms. The van der Waals surface area contributed by atoms with Crippen molar-refractivity contribution in [2.45, 2.75) is 117 Å². The van der Waals surface area contributed by atoms with Gasteiger partial charge in [-0.05, 0) is 97.3 Å². The summed E-state index contributed by atoms with van der Waals surface area (Å²) in [6.45, 7) is 10.1. The van der Waals surface area contributed by atoms with E-state index in [1.807, 2.05) is 49.6 Å². The third-order valence-corrected chi connectivity index (χ3v) is 13.3. The van der Waals surface area contributed by atoms with Gasteiger partial charge in [-0.25, -0.2) is 4.79 Å². The number of primary amides is 1. The average Bonchev–Trinajstić information content (AvgIpc) is 3.82. The second kappa shape index (κ2) is 21.3. The number of amides is 6. The average molecular weight is 939 g/mol. The highest BCUT2D eigenvalue weighted by molar-refractivity contribution is 7.15. The Hall–Kier alpha value is -6.72. The first-order valence-electron chi connectivity index (χ1n) is 22.4. The summed E-state index contributed by atoms with van der Waals surface area (Å²) in [5, 5.41) is 27.1. The number of carbonyl (C=O) groups excluding carboxylic acids is 6. The molecular weight excluding hydrogens is 881 g/mol. The van der Waals surface area contributed by atoms with Crippen LogP contribution in [-0.4, -0.2) is 110 Å². The topological polar surface area (TPSA) is 283 Å². The molecular formula is C47H58N10O9S. The summed E-state index contributed by atoms with van der Waals surface area (Å²) < 4.78 is 7.95. The van der Waals surface area contributed by atoms with Crippen molar-refractivity contribution in [3.05, 3.63) is 74.7 Å². The third kappa shape index (κ3) is 11.6. The van der Waals surface area contributed by atoms with Gasteiger partial charge in [0.05, 0.1) is 24.7 Å². The van der Waals surface area contributed by atoms with E-state index in [1.54, 1.807) is 25.2 Å². The monoisotopic (exact) mass is 938 g/mol. The molecule has 1 aromatic carbocycles. The minimum absolute atomic E-state index is 0.00580. The molecule has 6 amide bonds. The number of rotatable bonds is 20. The van der Waals surface area contributed by atoms with Crippen LogP contribution in [0.3, 0.4) is 0 Å². The molecule has 0 bridgehead atoms. The number of urea groups is 1. The van der Waals surface area contributed by atoms with Crippen molar-refractivity contribution < 1.29 is 43.4 Å². The van der Waals surface area contributed by atoms with Crippen molar-refractivity contribution in [1.29, 1.82) is 0 Å². The maximum Gasteiger partial charge on any atom is 0.319 e. The SMILES string of the molecule is Cc1sc2c(c1C)C(c1ccc(C#CCNC(=O)[C@@H](N)CCCNC(N)=O)cc1)=N[C@@H](CC(=O)OC(C)(C)CC1=CC(=O)N(CCCCCNC(=O)C3(C(=O)O)CCC3)C1=O)c1nnc(C)n1-2. The standard InChI is InChI=1S/C47H58N10O9S/c1-27-28(2)67-42-37(27)38(31-16-14-30(15-17-31)12-9-21-50-40(60)33(48)13-10-22-52-45(49)65)53-34(39-55-54-29(3)57(39)42)25-36(59)66-46(4,5)26-32-24-35(58)56(41(32)61)23-8-6-7-20-51-43(62)47(44(63)64)18-11-19-47/h14-17,24,33-34H,6-8,10-11,13,18-23,25-26,48H2,1-5H3,(H,50,60)(H,51,62)(H,63,64)(H3,49,52,65)/t33-,34-/m0/s1. The Morgan fingerprint density at radius 1 is 1.00 bits per heavy atom. The molecule has 1 saturated carbocycles. The molecule has 1 fully saturated rings. The van der Waals surface area contributed by atoms with Crippen molar-refractivity contribution in [3.8, 4) is 16.8 Å². The van der Waals surface area contributed by atoms with Crippen LogP contribution in [0.1, 0.15) is 123 Å². The van der Waals surface area contributed by atoms with Crippen molar-refractivity contribution in [2.75, 3.05) is 26.2 Å². The Balaban J connectivity index is 1.07. The highest BCUT2D eigenvalue weighted by Gasteiger charge is 2.51. The molecule has 2 aliphatic heterocycles. The summed E-state index contributed by atoms with van der Waals surface area (Å²) in [4.78, 5) is 94.9. The zero-order chi connectivity index (χ0) is 48.6. The number of aryl methyl sites for hydroxylation is 2. The van der Waals surface area contributed by atoms with Crippen LogP contribution in [0.2, 0.25) is 0 Å². The van der Waals surface area contributed by atoms with Crippen LogP contribution in [0.4, 0.5) is 4.79 Å². The van der Waals surface area contributed by atoms with E-state index in [2.05, 4.69) is 38.0 Å². The second-order valence-electron chi connectivity index (χ2n) is 17.7.